The highest BCUT2D eigenvalue weighted by Gasteiger charge is 2.48. The number of carbonyl (C=O) groups is 3. The van der Waals surface area contributed by atoms with Gasteiger partial charge in [0.1, 0.15) is 5.75 Å². The summed E-state index contributed by atoms with van der Waals surface area (Å²) in [5, 5.41) is 15.3. The second-order valence-corrected chi connectivity index (χ2v) is 8.27. The molecule has 0 aliphatic carbocycles. The minimum Gasteiger partial charge on any atom is -0.495 e. The lowest BCUT2D eigenvalue weighted by atomic mass is 9.81. The van der Waals surface area contributed by atoms with Crippen molar-refractivity contribution in [3.05, 3.63) is 53.1 Å². The minimum absolute atomic E-state index is 0.0918. The first-order chi connectivity index (χ1) is 15.3. The first-order valence-electron chi connectivity index (χ1n) is 10.2. The van der Waals surface area contributed by atoms with Crippen LogP contribution in [0, 0.1) is 18.8 Å². The molecule has 2 saturated heterocycles. The Bertz CT molecular complexity index is 1050. The average Bonchev–Trinajstić information content (AvgIpc) is 2.74. The lowest BCUT2D eigenvalue weighted by Crippen LogP contribution is -2.72. The summed E-state index contributed by atoms with van der Waals surface area (Å²) in [4.78, 5) is 38.4. The molecule has 3 amide bonds. The molecule has 0 spiro atoms. The fraction of sp³-hybridized carbons (Fsp3) is 0.318. The molecule has 4 unspecified atom stereocenters. The van der Waals surface area contributed by atoms with E-state index in [-0.39, 0.29) is 18.2 Å². The third-order valence-corrected chi connectivity index (χ3v) is 5.81. The van der Waals surface area contributed by atoms with Gasteiger partial charge in [-0.25, -0.2) is 0 Å². The normalized spacial score (nSPS) is 24.6. The minimum atomic E-state index is -0.844. The standard InChI is InChI=1S/C22H24ClN5O4/c1-11-3-8-16(32-2)15(9-11)25-20(30)14-10-17(29)26-19-18(14)21(31)28-22(27-19)24-13-6-4-12(23)5-7-13/h3-9,14,18-19,22,24,27H,10H2,1-2H3,(H,25,30)(H,26,29)(H,28,31). The molecule has 0 radical (unpaired) electrons. The zero-order valence-electron chi connectivity index (χ0n) is 17.6. The number of amides is 3. The maximum absolute atomic E-state index is 13.1. The highest BCUT2D eigenvalue weighted by molar-refractivity contribution is 6.30. The number of fused-ring (bicyclic) bond motifs is 1. The fourth-order valence-electron chi connectivity index (χ4n) is 4.01. The number of hydrogen-bond acceptors (Lipinski definition) is 6. The molecule has 32 heavy (non-hydrogen) atoms. The molecule has 168 valence electrons. The van der Waals surface area contributed by atoms with Gasteiger partial charge in [0.05, 0.1) is 30.8 Å². The smallest absolute Gasteiger partial charge is 0.229 e. The number of halogens is 1. The molecule has 5 N–H and O–H groups in total. The van der Waals surface area contributed by atoms with Crippen molar-refractivity contribution in [1.82, 2.24) is 16.0 Å². The summed E-state index contributed by atoms with van der Waals surface area (Å²) in [5.41, 5.74) is 2.16. The summed E-state index contributed by atoms with van der Waals surface area (Å²) in [5.74, 6) is -2.18. The number of anilines is 2. The molecule has 9 nitrogen and oxygen atoms in total. The Morgan fingerprint density at radius 3 is 2.59 bits per heavy atom. The molecule has 2 aliphatic rings. The molecular weight excluding hydrogens is 434 g/mol. The maximum Gasteiger partial charge on any atom is 0.229 e. The van der Waals surface area contributed by atoms with Crippen LogP contribution in [0.15, 0.2) is 42.5 Å². The van der Waals surface area contributed by atoms with Crippen LogP contribution in [-0.2, 0) is 14.4 Å². The van der Waals surface area contributed by atoms with E-state index in [2.05, 4.69) is 26.6 Å². The van der Waals surface area contributed by atoms with E-state index in [4.69, 9.17) is 16.3 Å². The van der Waals surface area contributed by atoms with E-state index in [0.29, 0.717) is 16.5 Å². The van der Waals surface area contributed by atoms with E-state index in [1.54, 1.807) is 36.4 Å². The first kappa shape index (κ1) is 21.9. The summed E-state index contributed by atoms with van der Waals surface area (Å²) >= 11 is 5.91. The predicted octanol–water partition coefficient (Wildman–Crippen LogP) is 1.79. The Morgan fingerprint density at radius 2 is 1.88 bits per heavy atom. The van der Waals surface area contributed by atoms with E-state index < -0.39 is 30.2 Å². The number of ether oxygens (including phenoxy) is 1. The number of rotatable bonds is 5. The molecule has 2 aliphatic heterocycles. The Labute approximate surface area is 190 Å². The molecule has 2 fully saturated rings. The second-order valence-electron chi connectivity index (χ2n) is 7.83. The molecule has 2 aromatic rings. The molecule has 0 aromatic heterocycles. The highest BCUT2D eigenvalue weighted by Crippen LogP contribution is 2.31. The van der Waals surface area contributed by atoms with Gasteiger partial charge in [0.15, 0.2) is 6.29 Å². The van der Waals surface area contributed by atoms with Crippen LogP contribution in [0.1, 0.15) is 12.0 Å². The summed E-state index contributed by atoms with van der Waals surface area (Å²) in [6, 6.07) is 12.4. The van der Waals surface area contributed by atoms with Crippen LogP contribution in [0.25, 0.3) is 0 Å². The molecule has 4 atom stereocenters. The van der Waals surface area contributed by atoms with Gasteiger partial charge in [0.2, 0.25) is 17.7 Å². The van der Waals surface area contributed by atoms with Gasteiger partial charge in [-0.05, 0) is 48.9 Å². The Balaban J connectivity index is 1.50. The van der Waals surface area contributed by atoms with Crippen LogP contribution in [0.4, 0.5) is 11.4 Å². The zero-order valence-corrected chi connectivity index (χ0v) is 18.3. The number of benzene rings is 2. The van der Waals surface area contributed by atoms with Gasteiger partial charge in [0.25, 0.3) is 0 Å². The van der Waals surface area contributed by atoms with Crippen LogP contribution in [-0.4, -0.2) is 37.3 Å². The van der Waals surface area contributed by atoms with E-state index in [1.807, 2.05) is 13.0 Å². The van der Waals surface area contributed by atoms with Gasteiger partial charge in [-0.15, -0.1) is 0 Å². The van der Waals surface area contributed by atoms with E-state index in [1.165, 1.54) is 7.11 Å². The summed E-state index contributed by atoms with van der Waals surface area (Å²) in [7, 11) is 1.51. The highest BCUT2D eigenvalue weighted by atomic mass is 35.5. The molecule has 0 saturated carbocycles. The van der Waals surface area contributed by atoms with Crippen LogP contribution in [0.3, 0.4) is 0 Å². The van der Waals surface area contributed by atoms with Crippen LogP contribution < -0.4 is 31.3 Å². The quantitative estimate of drug-likeness (QED) is 0.467. The number of aryl methyl sites for hydroxylation is 1. The van der Waals surface area contributed by atoms with E-state index in [0.717, 1.165) is 11.3 Å². The number of hydrogen-bond donors (Lipinski definition) is 5. The van der Waals surface area contributed by atoms with Gasteiger partial charge in [-0.3, -0.25) is 19.7 Å². The summed E-state index contributed by atoms with van der Waals surface area (Å²) < 4.78 is 5.31. The number of methoxy groups -OCH3 is 1. The van der Waals surface area contributed by atoms with Crippen molar-refractivity contribution in [2.75, 3.05) is 17.7 Å². The average molecular weight is 458 g/mol. The molecule has 2 aromatic carbocycles. The van der Waals surface area contributed by atoms with Crippen LogP contribution in [0.2, 0.25) is 5.02 Å². The van der Waals surface area contributed by atoms with E-state index >= 15 is 0 Å². The molecule has 2 heterocycles. The third kappa shape index (κ3) is 4.63. The largest absolute Gasteiger partial charge is 0.495 e. The Morgan fingerprint density at radius 1 is 1.12 bits per heavy atom. The van der Waals surface area contributed by atoms with Crippen molar-refractivity contribution < 1.29 is 19.1 Å². The van der Waals surface area contributed by atoms with Gasteiger partial charge in [-0.1, -0.05) is 17.7 Å². The topological polar surface area (TPSA) is 121 Å². The van der Waals surface area contributed by atoms with Gasteiger partial charge in [0, 0.05) is 17.1 Å². The molecule has 4 rings (SSSR count). The zero-order chi connectivity index (χ0) is 22.8. The molecule has 0 bridgehead atoms. The first-order valence-corrected chi connectivity index (χ1v) is 10.6. The van der Waals surface area contributed by atoms with Crippen molar-refractivity contribution in [3.8, 4) is 5.75 Å². The van der Waals surface area contributed by atoms with Gasteiger partial charge >= 0.3 is 0 Å². The van der Waals surface area contributed by atoms with Crippen LogP contribution in [0.5, 0.6) is 5.75 Å². The Hall–Kier alpha value is -3.30. The third-order valence-electron chi connectivity index (χ3n) is 5.55. The van der Waals surface area contributed by atoms with Gasteiger partial charge < -0.3 is 26.0 Å². The van der Waals surface area contributed by atoms with Crippen molar-refractivity contribution in [2.24, 2.45) is 11.8 Å². The monoisotopic (exact) mass is 457 g/mol. The fourth-order valence-corrected chi connectivity index (χ4v) is 4.14. The number of carbonyl (C=O) groups excluding carboxylic acids is 3. The molecule has 10 heteroatoms. The van der Waals surface area contributed by atoms with Crippen molar-refractivity contribution in [1.29, 1.82) is 0 Å². The second kappa shape index (κ2) is 9.05. The summed E-state index contributed by atoms with van der Waals surface area (Å²) in [6.45, 7) is 1.89. The van der Waals surface area contributed by atoms with Crippen molar-refractivity contribution in [3.63, 3.8) is 0 Å². The van der Waals surface area contributed by atoms with Crippen molar-refractivity contribution in [2.45, 2.75) is 25.8 Å². The van der Waals surface area contributed by atoms with E-state index in [9.17, 15) is 14.4 Å². The SMILES string of the molecule is COc1ccc(C)cc1NC(=O)C1CC(=O)NC2NC(Nc3ccc(Cl)cc3)NC(=O)C21. The number of piperidine rings is 1. The Kier molecular flexibility index (Phi) is 6.20. The summed E-state index contributed by atoms with van der Waals surface area (Å²) in [6.07, 6.45) is -1.43. The maximum atomic E-state index is 13.1. The van der Waals surface area contributed by atoms with Crippen LogP contribution >= 0.6 is 11.6 Å². The van der Waals surface area contributed by atoms with Crippen molar-refractivity contribution >= 4 is 40.7 Å². The predicted molar refractivity (Wildman–Crippen MR) is 120 cm³/mol. The van der Waals surface area contributed by atoms with Gasteiger partial charge in [-0.2, -0.15) is 0 Å². The lowest BCUT2D eigenvalue weighted by molar-refractivity contribution is -0.144. The lowest BCUT2D eigenvalue weighted by Gasteiger charge is -2.43. The number of nitrogens with one attached hydrogen (secondary N) is 5. The molecular formula is C22H24ClN5O4.